The van der Waals surface area contributed by atoms with E-state index in [0.29, 0.717) is 15.8 Å². The number of nitrogens with zero attached hydrogens (tertiary/aromatic N) is 1. The largest absolute Gasteiger partial charge is 0.455 e. The minimum absolute atomic E-state index is 0.125. The molecule has 0 atom stereocenters. The van der Waals surface area contributed by atoms with E-state index < -0.39 is 11.9 Å². The van der Waals surface area contributed by atoms with E-state index in [2.05, 4.69) is 10.3 Å². The fourth-order valence-corrected chi connectivity index (χ4v) is 4.57. The summed E-state index contributed by atoms with van der Waals surface area (Å²) in [6, 6.07) is 21.4. The van der Waals surface area contributed by atoms with Crippen molar-refractivity contribution in [1.82, 2.24) is 4.98 Å². The molecule has 0 unspecified atom stereocenters. The number of hydrogen-bond acceptors (Lipinski definition) is 6. The molecule has 31 heavy (non-hydrogen) atoms. The molecule has 3 aromatic carbocycles. The van der Waals surface area contributed by atoms with Crippen molar-refractivity contribution >= 4 is 62.5 Å². The Balaban J connectivity index is 1.25. The monoisotopic (exact) mass is 468 g/mol. The Morgan fingerprint density at radius 2 is 1.81 bits per heavy atom. The van der Waals surface area contributed by atoms with Crippen LogP contribution in [0, 0.1) is 0 Å². The summed E-state index contributed by atoms with van der Waals surface area (Å²) >= 11 is 8.83. The van der Waals surface area contributed by atoms with Crippen LogP contribution in [0.15, 0.2) is 77.0 Å². The third-order valence-corrected chi connectivity index (χ3v) is 6.40. The molecular formula is C23H17ClN2O3S2. The number of nitrogens with one attached hydrogen (secondary N) is 1. The number of amides is 1. The number of anilines is 1. The third kappa shape index (κ3) is 5.64. The van der Waals surface area contributed by atoms with Gasteiger partial charge in [-0.15, -0.1) is 23.1 Å². The van der Waals surface area contributed by atoms with Crippen molar-refractivity contribution in [2.75, 3.05) is 17.7 Å². The Labute approximate surface area is 192 Å². The summed E-state index contributed by atoms with van der Waals surface area (Å²) in [4.78, 5) is 29.4. The first-order chi connectivity index (χ1) is 15.1. The third-order valence-electron chi connectivity index (χ3n) is 4.34. The van der Waals surface area contributed by atoms with Gasteiger partial charge in [-0.1, -0.05) is 60.1 Å². The molecule has 0 bridgehead atoms. The number of thioether (sulfide) groups is 1. The van der Waals surface area contributed by atoms with Gasteiger partial charge in [-0.25, -0.2) is 4.98 Å². The van der Waals surface area contributed by atoms with Gasteiger partial charge in [0.15, 0.2) is 11.7 Å². The molecule has 8 heteroatoms. The number of fused-ring (bicyclic) bond motifs is 1. The van der Waals surface area contributed by atoms with Gasteiger partial charge in [0.05, 0.1) is 11.4 Å². The SMILES string of the molecule is O=C(COC(=O)CSc1ccc2ccccc2c1)Nc1nc(-c2ccccc2Cl)cs1. The first kappa shape index (κ1) is 21.4. The highest BCUT2D eigenvalue weighted by molar-refractivity contribution is 8.00. The molecule has 0 aliphatic carbocycles. The Morgan fingerprint density at radius 3 is 2.65 bits per heavy atom. The lowest BCUT2D eigenvalue weighted by molar-refractivity contribution is -0.144. The van der Waals surface area contributed by atoms with Crippen LogP contribution in [0.2, 0.25) is 5.02 Å². The Morgan fingerprint density at radius 1 is 1.03 bits per heavy atom. The molecule has 5 nitrogen and oxygen atoms in total. The maximum absolute atomic E-state index is 12.1. The number of halogens is 1. The predicted molar refractivity (Wildman–Crippen MR) is 127 cm³/mol. The molecule has 4 aromatic rings. The topological polar surface area (TPSA) is 68.3 Å². The summed E-state index contributed by atoms with van der Waals surface area (Å²) in [5, 5.41) is 7.71. The minimum atomic E-state index is -0.454. The molecule has 1 aromatic heterocycles. The maximum atomic E-state index is 12.1. The standard InChI is InChI=1S/C23H17ClN2O3S2/c24-19-8-4-3-7-18(19)20-13-31-23(25-20)26-21(27)12-29-22(28)14-30-17-10-9-15-5-1-2-6-16(15)11-17/h1-11,13H,12,14H2,(H,25,26,27). The van der Waals surface area contributed by atoms with Crippen LogP contribution in [-0.4, -0.2) is 29.2 Å². The zero-order valence-electron chi connectivity index (χ0n) is 16.2. The molecule has 1 heterocycles. The lowest BCUT2D eigenvalue weighted by atomic mass is 10.1. The fraction of sp³-hybridized carbons (Fsp3) is 0.0870. The van der Waals surface area contributed by atoms with E-state index in [4.69, 9.17) is 16.3 Å². The number of thiazole rings is 1. The zero-order valence-corrected chi connectivity index (χ0v) is 18.6. The summed E-state index contributed by atoms with van der Waals surface area (Å²) in [7, 11) is 0. The van der Waals surface area contributed by atoms with Crippen molar-refractivity contribution in [2.24, 2.45) is 0 Å². The lowest BCUT2D eigenvalue weighted by Gasteiger charge is -2.06. The summed E-state index contributed by atoms with van der Waals surface area (Å²) in [5.41, 5.74) is 1.47. The number of rotatable bonds is 7. The zero-order chi connectivity index (χ0) is 21.6. The molecule has 0 aliphatic rings. The number of benzene rings is 3. The van der Waals surface area contributed by atoms with Crippen LogP contribution in [-0.2, 0) is 14.3 Å². The van der Waals surface area contributed by atoms with Crippen LogP contribution in [0.25, 0.3) is 22.0 Å². The quantitative estimate of drug-likeness (QED) is 0.270. The summed E-state index contributed by atoms with van der Waals surface area (Å²) < 4.78 is 5.08. The van der Waals surface area contributed by atoms with Crippen molar-refractivity contribution in [1.29, 1.82) is 0 Å². The van der Waals surface area contributed by atoms with E-state index in [1.165, 1.54) is 23.1 Å². The van der Waals surface area contributed by atoms with Crippen molar-refractivity contribution in [3.05, 3.63) is 77.1 Å². The van der Waals surface area contributed by atoms with Gasteiger partial charge >= 0.3 is 5.97 Å². The number of carbonyl (C=O) groups is 2. The summed E-state index contributed by atoms with van der Waals surface area (Å²) in [6.07, 6.45) is 0. The molecule has 0 saturated heterocycles. The molecular weight excluding hydrogens is 452 g/mol. The molecule has 1 N–H and O–H groups in total. The van der Waals surface area contributed by atoms with Crippen molar-refractivity contribution in [2.45, 2.75) is 4.90 Å². The van der Waals surface area contributed by atoms with E-state index in [-0.39, 0.29) is 12.4 Å². The van der Waals surface area contributed by atoms with Gasteiger partial charge in [0.2, 0.25) is 0 Å². The highest BCUT2D eigenvalue weighted by Gasteiger charge is 2.12. The van der Waals surface area contributed by atoms with Gasteiger partial charge in [0.25, 0.3) is 5.91 Å². The molecule has 0 radical (unpaired) electrons. The van der Waals surface area contributed by atoms with E-state index in [0.717, 1.165) is 21.2 Å². The number of hydrogen-bond donors (Lipinski definition) is 1. The fourth-order valence-electron chi connectivity index (χ4n) is 2.87. The molecule has 0 spiro atoms. The number of carbonyl (C=O) groups excluding carboxylic acids is 2. The van der Waals surface area contributed by atoms with E-state index in [1.54, 1.807) is 6.07 Å². The maximum Gasteiger partial charge on any atom is 0.316 e. The highest BCUT2D eigenvalue weighted by Crippen LogP contribution is 2.30. The summed E-state index contributed by atoms with van der Waals surface area (Å²) in [5.74, 6) is -0.771. The molecule has 1 amide bonds. The minimum Gasteiger partial charge on any atom is -0.455 e. The smallest absolute Gasteiger partial charge is 0.316 e. The average molecular weight is 469 g/mol. The van der Waals surface area contributed by atoms with Crippen LogP contribution < -0.4 is 5.32 Å². The molecule has 0 saturated carbocycles. The molecule has 0 aliphatic heterocycles. The second kappa shape index (κ2) is 9.96. The van der Waals surface area contributed by atoms with Gasteiger partial charge in [0, 0.05) is 20.9 Å². The molecule has 156 valence electrons. The number of esters is 1. The lowest BCUT2D eigenvalue weighted by Crippen LogP contribution is -2.21. The molecule has 0 fully saturated rings. The van der Waals surface area contributed by atoms with Crippen molar-refractivity contribution in [3.63, 3.8) is 0 Å². The van der Waals surface area contributed by atoms with Crippen LogP contribution in [0.4, 0.5) is 5.13 Å². The van der Waals surface area contributed by atoms with Gasteiger partial charge in [-0.3, -0.25) is 14.9 Å². The Bertz CT molecular complexity index is 1240. The average Bonchev–Trinajstić information content (AvgIpc) is 3.24. The van der Waals surface area contributed by atoms with E-state index in [9.17, 15) is 9.59 Å². The highest BCUT2D eigenvalue weighted by atomic mass is 35.5. The number of ether oxygens (including phenoxy) is 1. The number of aromatic nitrogens is 1. The second-order valence-electron chi connectivity index (χ2n) is 6.52. The van der Waals surface area contributed by atoms with Gasteiger partial charge in [0.1, 0.15) is 0 Å². The van der Waals surface area contributed by atoms with E-state index >= 15 is 0 Å². The van der Waals surface area contributed by atoms with Crippen molar-refractivity contribution < 1.29 is 14.3 Å². The Hall–Kier alpha value is -2.87. The van der Waals surface area contributed by atoms with Crippen molar-refractivity contribution in [3.8, 4) is 11.3 Å². The first-order valence-corrected chi connectivity index (χ1v) is 11.6. The first-order valence-electron chi connectivity index (χ1n) is 9.36. The second-order valence-corrected chi connectivity index (χ2v) is 8.84. The van der Waals surface area contributed by atoms with Gasteiger partial charge < -0.3 is 4.74 Å². The van der Waals surface area contributed by atoms with Gasteiger partial charge in [-0.2, -0.15) is 0 Å². The van der Waals surface area contributed by atoms with Crippen LogP contribution in [0.1, 0.15) is 0 Å². The van der Waals surface area contributed by atoms with Crippen LogP contribution in [0.5, 0.6) is 0 Å². The molecule has 4 rings (SSSR count). The normalized spacial score (nSPS) is 10.7. The predicted octanol–water partition coefficient (Wildman–Crippen LogP) is 5.89. The van der Waals surface area contributed by atoms with Crippen LogP contribution in [0.3, 0.4) is 0 Å². The van der Waals surface area contributed by atoms with E-state index in [1.807, 2.05) is 66.0 Å². The Kier molecular flexibility index (Phi) is 6.86. The summed E-state index contributed by atoms with van der Waals surface area (Å²) in [6.45, 7) is -0.363. The van der Waals surface area contributed by atoms with Crippen LogP contribution >= 0.6 is 34.7 Å². The van der Waals surface area contributed by atoms with Gasteiger partial charge in [-0.05, 0) is 29.0 Å².